The van der Waals surface area contributed by atoms with Crippen LogP contribution >= 0.6 is 11.8 Å². The van der Waals surface area contributed by atoms with Gasteiger partial charge in [-0.15, -0.1) is 11.8 Å². The second-order valence-corrected chi connectivity index (χ2v) is 14.2. The highest BCUT2D eigenvalue weighted by Crippen LogP contribution is 2.47. The van der Waals surface area contributed by atoms with Gasteiger partial charge in [-0.1, -0.05) is 89.8 Å². The Morgan fingerprint density at radius 2 is 1.26 bits per heavy atom. The van der Waals surface area contributed by atoms with Crippen LogP contribution in [-0.2, 0) is 25.4 Å². The molecule has 5 atom stereocenters. The highest BCUT2D eigenvalue weighted by Gasteiger charge is 2.48. The van der Waals surface area contributed by atoms with Crippen LogP contribution in [0.1, 0.15) is 101 Å². The summed E-state index contributed by atoms with van der Waals surface area (Å²) in [6.07, 6.45) is 9.19. The molecule has 1 aliphatic rings. The van der Waals surface area contributed by atoms with E-state index in [0.29, 0.717) is 13.2 Å². The SMILES string of the molecule is CCCCOC[C@H]1S[C@@H](c2cccc(Cc3ccc(OCCN(C)C)cc3)c2)[C@H](OCCCC)[C@@H](OCCCC)[C@@H]1OCCCC. The van der Waals surface area contributed by atoms with Gasteiger partial charge in [0, 0.05) is 33.0 Å². The average molecular weight is 658 g/mol. The van der Waals surface area contributed by atoms with Gasteiger partial charge in [0.1, 0.15) is 30.7 Å². The van der Waals surface area contributed by atoms with E-state index in [1.54, 1.807) is 0 Å². The predicted octanol–water partition coefficient (Wildman–Crippen LogP) is 8.75. The molecule has 7 heteroatoms. The number of benzene rings is 2. The van der Waals surface area contributed by atoms with Crippen LogP contribution in [0.15, 0.2) is 48.5 Å². The summed E-state index contributed by atoms with van der Waals surface area (Å²) in [5.74, 6) is 0.919. The van der Waals surface area contributed by atoms with Crippen molar-refractivity contribution in [2.45, 2.75) is 114 Å². The van der Waals surface area contributed by atoms with E-state index in [-0.39, 0.29) is 28.8 Å². The molecule has 260 valence electrons. The molecule has 0 saturated carbocycles. The summed E-state index contributed by atoms with van der Waals surface area (Å²) in [4.78, 5) is 2.13. The second-order valence-electron chi connectivity index (χ2n) is 12.8. The molecular formula is C39H63NO5S. The van der Waals surface area contributed by atoms with Gasteiger partial charge in [-0.2, -0.15) is 0 Å². The zero-order valence-corrected chi connectivity index (χ0v) is 30.5. The van der Waals surface area contributed by atoms with Gasteiger partial charge < -0.3 is 28.6 Å². The maximum absolute atomic E-state index is 6.80. The first-order chi connectivity index (χ1) is 22.5. The van der Waals surface area contributed by atoms with E-state index in [0.717, 1.165) is 96.5 Å². The number of thioether (sulfide) groups is 1. The van der Waals surface area contributed by atoms with Crippen molar-refractivity contribution in [1.29, 1.82) is 0 Å². The van der Waals surface area contributed by atoms with Gasteiger partial charge in [-0.05, 0) is 75.0 Å². The molecule has 1 heterocycles. The van der Waals surface area contributed by atoms with Gasteiger partial charge in [-0.3, -0.25) is 0 Å². The molecule has 6 nitrogen and oxygen atoms in total. The molecule has 46 heavy (non-hydrogen) atoms. The number of rotatable bonds is 24. The minimum atomic E-state index is -0.144. The van der Waals surface area contributed by atoms with Gasteiger partial charge in [-0.25, -0.2) is 0 Å². The molecule has 2 aromatic rings. The van der Waals surface area contributed by atoms with E-state index in [1.165, 1.54) is 16.7 Å². The van der Waals surface area contributed by atoms with E-state index < -0.39 is 0 Å². The summed E-state index contributed by atoms with van der Waals surface area (Å²) in [5, 5.41) is 0.293. The maximum Gasteiger partial charge on any atom is 0.119 e. The lowest BCUT2D eigenvalue weighted by Crippen LogP contribution is -2.55. The first-order valence-electron chi connectivity index (χ1n) is 18.0. The Bertz CT molecular complexity index is 1050. The topological polar surface area (TPSA) is 49.4 Å². The highest BCUT2D eigenvalue weighted by molar-refractivity contribution is 8.00. The third kappa shape index (κ3) is 13.5. The Morgan fingerprint density at radius 1 is 0.652 bits per heavy atom. The van der Waals surface area contributed by atoms with Crippen molar-refractivity contribution in [3.05, 3.63) is 65.2 Å². The van der Waals surface area contributed by atoms with E-state index in [4.69, 9.17) is 23.7 Å². The summed E-state index contributed by atoms with van der Waals surface area (Å²) in [7, 11) is 4.12. The van der Waals surface area contributed by atoms with Crippen LogP contribution in [-0.4, -0.2) is 88.7 Å². The molecule has 0 spiro atoms. The van der Waals surface area contributed by atoms with Crippen molar-refractivity contribution in [2.75, 3.05) is 60.3 Å². The van der Waals surface area contributed by atoms with Crippen molar-refractivity contribution in [3.63, 3.8) is 0 Å². The smallest absolute Gasteiger partial charge is 0.119 e. The van der Waals surface area contributed by atoms with Crippen molar-refractivity contribution in [2.24, 2.45) is 0 Å². The zero-order valence-electron chi connectivity index (χ0n) is 29.7. The van der Waals surface area contributed by atoms with Crippen LogP contribution in [0.25, 0.3) is 0 Å². The van der Waals surface area contributed by atoms with Crippen molar-refractivity contribution < 1.29 is 23.7 Å². The minimum Gasteiger partial charge on any atom is -0.492 e. The van der Waals surface area contributed by atoms with Crippen molar-refractivity contribution >= 4 is 11.8 Å². The van der Waals surface area contributed by atoms with E-state index in [1.807, 2.05) is 11.8 Å². The third-order valence-electron chi connectivity index (χ3n) is 8.40. The van der Waals surface area contributed by atoms with Crippen LogP contribution in [0.5, 0.6) is 5.75 Å². The number of hydrogen-bond donors (Lipinski definition) is 0. The molecule has 2 aromatic carbocycles. The first kappa shape index (κ1) is 38.8. The van der Waals surface area contributed by atoms with Crippen LogP contribution in [0.3, 0.4) is 0 Å². The Morgan fingerprint density at radius 3 is 1.89 bits per heavy atom. The monoisotopic (exact) mass is 657 g/mol. The Hall–Kier alpha value is -1.61. The van der Waals surface area contributed by atoms with Gasteiger partial charge in [0.2, 0.25) is 0 Å². The van der Waals surface area contributed by atoms with Gasteiger partial charge in [0.15, 0.2) is 0 Å². The Balaban J connectivity index is 1.87. The highest BCUT2D eigenvalue weighted by atomic mass is 32.2. The largest absolute Gasteiger partial charge is 0.492 e. The Labute approximate surface area is 285 Å². The molecular weight excluding hydrogens is 594 g/mol. The van der Waals surface area contributed by atoms with Gasteiger partial charge in [0.25, 0.3) is 0 Å². The molecule has 0 unspecified atom stereocenters. The standard InChI is InChI=1S/C39H63NO5S/c1-7-11-23-41-30-35-36(43-24-12-8-2)37(44-25-13-9-3)38(45-26-14-10-4)39(46-35)33-17-15-16-32(29-33)28-31-18-20-34(21-19-31)42-27-22-40(5)6/h15-21,29,35-39H,7-14,22-28,30H2,1-6H3/t35-,36-,37+,38-,39+/m1/s1. The molecule has 3 rings (SSSR count). The van der Waals surface area contributed by atoms with E-state index >= 15 is 0 Å². The van der Waals surface area contributed by atoms with E-state index in [2.05, 4.69) is 95.2 Å². The number of likely N-dealkylation sites (N-methyl/N-ethyl adjacent to an activating group) is 1. The van der Waals surface area contributed by atoms with E-state index in [9.17, 15) is 0 Å². The maximum atomic E-state index is 6.80. The number of unbranched alkanes of at least 4 members (excludes halogenated alkanes) is 4. The summed E-state index contributed by atoms with van der Waals surface area (Å²) in [6, 6.07) is 17.6. The molecule has 1 saturated heterocycles. The molecule has 0 bridgehead atoms. The van der Waals surface area contributed by atoms with Gasteiger partial charge >= 0.3 is 0 Å². The van der Waals surface area contributed by atoms with Crippen molar-refractivity contribution in [3.8, 4) is 5.75 Å². The molecule has 0 N–H and O–H groups in total. The van der Waals surface area contributed by atoms with Crippen LogP contribution in [0.4, 0.5) is 0 Å². The molecule has 0 aromatic heterocycles. The van der Waals surface area contributed by atoms with Gasteiger partial charge in [0.05, 0.1) is 17.1 Å². The normalized spacial score (nSPS) is 21.6. The number of ether oxygens (including phenoxy) is 5. The summed E-state index contributed by atoms with van der Waals surface area (Å²) in [6.45, 7) is 14.1. The average Bonchev–Trinajstić information content (AvgIpc) is 3.05. The summed E-state index contributed by atoms with van der Waals surface area (Å²) < 4.78 is 32.4. The molecule has 0 radical (unpaired) electrons. The minimum absolute atomic E-state index is 0.0699. The lowest BCUT2D eigenvalue weighted by molar-refractivity contribution is -0.149. The van der Waals surface area contributed by atoms with Crippen molar-refractivity contribution in [1.82, 2.24) is 4.90 Å². The molecule has 0 amide bonds. The Kier molecular flexibility index (Phi) is 19.3. The summed E-state index contributed by atoms with van der Waals surface area (Å²) >= 11 is 1.97. The first-order valence-corrected chi connectivity index (χ1v) is 19.0. The predicted molar refractivity (Wildman–Crippen MR) is 194 cm³/mol. The molecule has 0 aliphatic carbocycles. The number of nitrogens with zero attached hydrogens (tertiary/aromatic N) is 1. The lowest BCUT2D eigenvalue weighted by Gasteiger charge is -2.46. The van der Waals surface area contributed by atoms with Crippen LogP contribution in [0.2, 0.25) is 0 Å². The second kappa shape index (κ2) is 22.9. The fraction of sp³-hybridized carbons (Fsp3) is 0.692. The third-order valence-corrected chi connectivity index (χ3v) is 9.99. The molecule has 1 fully saturated rings. The quantitative estimate of drug-likeness (QED) is 0.105. The fourth-order valence-corrected chi connectivity index (χ4v) is 7.22. The van der Waals surface area contributed by atoms with Crippen LogP contribution < -0.4 is 4.74 Å². The molecule has 1 aliphatic heterocycles. The summed E-state index contributed by atoms with van der Waals surface area (Å²) in [5.41, 5.74) is 3.87. The number of hydrogen-bond acceptors (Lipinski definition) is 7. The fourth-order valence-electron chi connectivity index (χ4n) is 5.59. The zero-order chi connectivity index (χ0) is 33.0. The lowest BCUT2D eigenvalue weighted by atomic mass is 9.94. The van der Waals surface area contributed by atoms with Crippen LogP contribution in [0, 0.1) is 0 Å².